The van der Waals surface area contributed by atoms with E-state index < -0.39 is 11.8 Å². The van der Waals surface area contributed by atoms with E-state index in [2.05, 4.69) is 10.3 Å². The first-order chi connectivity index (χ1) is 8.68. The SMILES string of the molecule is O=C(O)CNc1nccc(N2CCOCC2)c1F. The largest absolute Gasteiger partial charge is 0.480 e. The molecule has 2 rings (SSSR count). The van der Waals surface area contributed by atoms with Crippen molar-refractivity contribution in [1.82, 2.24) is 4.98 Å². The predicted octanol–water partition coefficient (Wildman–Crippen LogP) is 0.554. The van der Waals surface area contributed by atoms with Crippen LogP contribution in [0.3, 0.4) is 0 Å². The second-order valence-electron chi connectivity index (χ2n) is 3.84. The fourth-order valence-electron chi connectivity index (χ4n) is 1.76. The van der Waals surface area contributed by atoms with Crippen LogP contribution in [0.25, 0.3) is 0 Å². The molecule has 0 aromatic carbocycles. The molecule has 0 atom stereocenters. The zero-order valence-corrected chi connectivity index (χ0v) is 9.73. The quantitative estimate of drug-likeness (QED) is 0.818. The molecule has 6 nitrogen and oxygen atoms in total. The lowest BCUT2D eigenvalue weighted by atomic mass is 10.3. The number of morpholine rings is 1. The highest BCUT2D eigenvalue weighted by atomic mass is 19.1. The van der Waals surface area contributed by atoms with Gasteiger partial charge in [0.15, 0.2) is 11.6 Å². The summed E-state index contributed by atoms with van der Waals surface area (Å²) in [5, 5.41) is 11.0. The molecule has 18 heavy (non-hydrogen) atoms. The van der Waals surface area contributed by atoms with Crippen LogP contribution in [0.1, 0.15) is 0 Å². The monoisotopic (exact) mass is 255 g/mol. The molecule has 1 fully saturated rings. The van der Waals surface area contributed by atoms with Gasteiger partial charge in [-0.1, -0.05) is 0 Å². The number of aliphatic carboxylic acids is 1. The van der Waals surface area contributed by atoms with E-state index in [0.717, 1.165) is 0 Å². The summed E-state index contributed by atoms with van der Waals surface area (Å²) in [7, 11) is 0. The summed E-state index contributed by atoms with van der Waals surface area (Å²) < 4.78 is 19.3. The van der Waals surface area contributed by atoms with Crippen molar-refractivity contribution in [2.24, 2.45) is 0 Å². The van der Waals surface area contributed by atoms with E-state index >= 15 is 0 Å². The highest BCUT2D eigenvalue weighted by molar-refractivity contribution is 5.72. The molecule has 0 aliphatic carbocycles. The molecule has 1 aromatic rings. The zero-order valence-electron chi connectivity index (χ0n) is 9.73. The zero-order chi connectivity index (χ0) is 13.0. The van der Waals surface area contributed by atoms with Crippen molar-refractivity contribution in [3.8, 4) is 0 Å². The van der Waals surface area contributed by atoms with Crippen LogP contribution in [0.5, 0.6) is 0 Å². The summed E-state index contributed by atoms with van der Waals surface area (Å²) in [4.78, 5) is 16.1. The number of carbonyl (C=O) groups is 1. The van der Waals surface area contributed by atoms with E-state index in [1.807, 2.05) is 4.90 Å². The van der Waals surface area contributed by atoms with E-state index in [-0.39, 0.29) is 12.4 Å². The smallest absolute Gasteiger partial charge is 0.322 e. The van der Waals surface area contributed by atoms with Gasteiger partial charge in [-0.25, -0.2) is 9.37 Å². The van der Waals surface area contributed by atoms with Crippen LogP contribution in [0.4, 0.5) is 15.9 Å². The maximum atomic E-state index is 14.1. The predicted molar refractivity (Wildman–Crippen MR) is 63.4 cm³/mol. The van der Waals surface area contributed by atoms with Crippen molar-refractivity contribution in [1.29, 1.82) is 0 Å². The molecule has 0 saturated carbocycles. The summed E-state index contributed by atoms with van der Waals surface area (Å²) in [5.74, 6) is -1.63. The molecule has 0 bridgehead atoms. The molecule has 0 unspecified atom stereocenters. The lowest BCUT2D eigenvalue weighted by molar-refractivity contribution is -0.134. The van der Waals surface area contributed by atoms with Crippen LogP contribution >= 0.6 is 0 Å². The third-order valence-electron chi connectivity index (χ3n) is 2.63. The van der Waals surface area contributed by atoms with Crippen molar-refractivity contribution >= 4 is 17.5 Å². The third kappa shape index (κ3) is 2.86. The van der Waals surface area contributed by atoms with Gasteiger partial charge in [-0.15, -0.1) is 0 Å². The second kappa shape index (κ2) is 5.63. The Morgan fingerprint density at radius 1 is 1.56 bits per heavy atom. The van der Waals surface area contributed by atoms with Gasteiger partial charge in [0, 0.05) is 19.3 Å². The summed E-state index contributed by atoms with van der Waals surface area (Å²) >= 11 is 0. The summed E-state index contributed by atoms with van der Waals surface area (Å²) in [5.41, 5.74) is 0.418. The van der Waals surface area contributed by atoms with Crippen molar-refractivity contribution in [2.45, 2.75) is 0 Å². The van der Waals surface area contributed by atoms with Gasteiger partial charge in [-0.2, -0.15) is 0 Å². The molecule has 2 N–H and O–H groups in total. The van der Waals surface area contributed by atoms with Crippen molar-refractivity contribution in [2.75, 3.05) is 43.1 Å². The Hall–Kier alpha value is -1.89. The molecule has 7 heteroatoms. The first-order valence-corrected chi connectivity index (χ1v) is 5.61. The first-order valence-electron chi connectivity index (χ1n) is 5.61. The molecule has 0 spiro atoms. The standard InChI is InChI=1S/C11H14FN3O3/c12-10-8(15-3-5-18-6-4-15)1-2-13-11(10)14-7-9(16)17/h1-2H,3-7H2,(H,13,14)(H,16,17). The van der Waals surface area contributed by atoms with Gasteiger partial charge < -0.3 is 20.1 Å². The Balaban J connectivity index is 2.15. The van der Waals surface area contributed by atoms with Gasteiger partial charge in [-0.3, -0.25) is 4.79 Å². The van der Waals surface area contributed by atoms with Crippen LogP contribution in [0.15, 0.2) is 12.3 Å². The molecule has 98 valence electrons. The van der Waals surface area contributed by atoms with Crippen LogP contribution < -0.4 is 10.2 Å². The van der Waals surface area contributed by atoms with E-state index in [0.29, 0.717) is 32.0 Å². The average Bonchev–Trinajstić information content (AvgIpc) is 2.38. The molecule has 0 amide bonds. The lowest BCUT2D eigenvalue weighted by Gasteiger charge is -2.29. The second-order valence-corrected chi connectivity index (χ2v) is 3.84. The van der Waals surface area contributed by atoms with Crippen LogP contribution in [0.2, 0.25) is 0 Å². The van der Waals surface area contributed by atoms with Gasteiger partial charge in [0.1, 0.15) is 6.54 Å². The number of carboxylic acids is 1. The summed E-state index contributed by atoms with van der Waals surface area (Å²) in [6.45, 7) is 1.97. The van der Waals surface area contributed by atoms with Crippen molar-refractivity contribution in [3.05, 3.63) is 18.1 Å². The number of ether oxygens (including phenoxy) is 1. The highest BCUT2D eigenvalue weighted by Crippen LogP contribution is 2.24. The minimum Gasteiger partial charge on any atom is -0.480 e. The van der Waals surface area contributed by atoms with E-state index in [9.17, 15) is 9.18 Å². The maximum absolute atomic E-state index is 14.1. The van der Waals surface area contributed by atoms with Gasteiger partial charge in [0.25, 0.3) is 0 Å². The Bertz CT molecular complexity index is 436. The topological polar surface area (TPSA) is 74.7 Å². The number of aromatic nitrogens is 1. The molecule has 1 aliphatic rings. The number of hydrogen-bond donors (Lipinski definition) is 2. The number of nitrogens with zero attached hydrogens (tertiary/aromatic N) is 2. The van der Waals surface area contributed by atoms with E-state index in [1.165, 1.54) is 6.20 Å². The Kier molecular flexibility index (Phi) is 3.93. The fraction of sp³-hybridized carbons (Fsp3) is 0.455. The normalized spacial score (nSPS) is 15.5. The molecule has 2 heterocycles. The molecule has 1 aromatic heterocycles. The van der Waals surface area contributed by atoms with Gasteiger partial charge in [-0.05, 0) is 6.07 Å². The van der Waals surface area contributed by atoms with E-state index in [1.54, 1.807) is 6.07 Å². The van der Waals surface area contributed by atoms with Crippen molar-refractivity contribution < 1.29 is 19.0 Å². The summed E-state index contributed by atoms with van der Waals surface area (Å²) in [6.07, 6.45) is 1.46. The number of rotatable bonds is 4. The van der Waals surface area contributed by atoms with Gasteiger partial charge in [0.2, 0.25) is 0 Å². The fourth-order valence-corrected chi connectivity index (χ4v) is 1.76. The Morgan fingerprint density at radius 3 is 2.94 bits per heavy atom. The number of halogens is 1. The third-order valence-corrected chi connectivity index (χ3v) is 2.63. The number of anilines is 2. The molecular weight excluding hydrogens is 241 g/mol. The number of nitrogens with one attached hydrogen (secondary N) is 1. The Morgan fingerprint density at radius 2 is 2.28 bits per heavy atom. The van der Waals surface area contributed by atoms with Crippen LogP contribution in [0, 0.1) is 5.82 Å². The minimum atomic E-state index is -1.06. The van der Waals surface area contributed by atoms with Crippen LogP contribution in [-0.4, -0.2) is 48.9 Å². The number of pyridine rings is 1. The lowest BCUT2D eigenvalue weighted by Crippen LogP contribution is -2.36. The molecule has 0 radical (unpaired) electrons. The molecular formula is C11H14FN3O3. The maximum Gasteiger partial charge on any atom is 0.322 e. The molecule has 1 aliphatic heterocycles. The van der Waals surface area contributed by atoms with Crippen molar-refractivity contribution in [3.63, 3.8) is 0 Å². The average molecular weight is 255 g/mol. The van der Waals surface area contributed by atoms with E-state index in [4.69, 9.17) is 9.84 Å². The van der Waals surface area contributed by atoms with Gasteiger partial charge in [0.05, 0.1) is 18.9 Å². The number of hydrogen-bond acceptors (Lipinski definition) is 5. The minimum absolute atomic E-state index is 0.0404. The van der Waals surface area contributed by atoms with Crippen LogP contribution in [-0.2, 0) is 9.53 Å². The summed E-state index contributed by atoms with van der Waals surface area (Å²) in [6, 6.07) is 1.58. The number of carboxylic acid groups (broad SMARTS) is 1. The highest BCUT2D eigenvalue weighted by Gasteiger charge is 2.18. The Labute approximate surface area is 103 Å². The van der Waals surface area contributed by atoms with Gasteiger partial charge >= 0.3 is 5.97 Å². The first kappa shape index (κ1) is 12.6. The molecule has 1 saturated heterocycles.